The molecule has 116 valence electrons. The van der Waals surface area contributed by atoms with Crippen molar-refractivity contribution in [1.29, 1.82) is 0 Å². The first-order chi connectivity index (χ1) is 10.6. The molecular weight excluding hydrogens is 325 g/mol. The molecule has 0 saturated heterocycles. The SMILES string of the molecule is COc1cccc(CNC(=O)CSc2ccc(F)c(Cl)c2)c1. The van der Waals surface area contributed by atoms with Gasteiger partial charge >= 0.3 is 0 Å². The fourth-order valence-corrected chi connectivity index (χ4v) is 2.76. The summed E-state index contributed by atoms with van der Waals surface area (Å²) in [5.41, 5.74) is 0.961. The van der Waals surface area contributed by atoms with Crippen LogP contribution in [0.5, 0.6) is 5.75 Å². The van der Waals surface area contributed by atoms with Crippen LogP contribution in [0.1, 0.15) is 5.56 Å². The van der Waals surface area contributed by atoms with Crippen LogP contribution in [0.15, 0.2) is 47.4 Å². The third-order valence-corrected chi connectivity index (χ3v) is 4.17. The number of hydrogen-bond donors (Lipinski definition) is 1. The van der Waals surface area contributed by atoms with Gasteiger partial charge in [-0.05, 0) is 35.9 Å². The third-order valence-electron chi connectivity index (χ3n) is 2.88. The zero-order chi connectivity index (χ0) is 15.9. The van der Waals surface area contributed by atoms with E-state index in [0.29, 0.717) is 6.54 Å². The number of halogens is 2. The topological polar surface area (TPSA) is 38.3 Å². The summed E-state index contributed by atoms with van der Waals surface area (Å²) >= 11 is 7.00. The molecule has 1 amide bonds. The Morgan fingerprint density at radius 2 is 2.14 bits per heavy atom. The second-order valence-corrected chi connectivity index (χ2v) is 5.95. The normalized spacial score (nSPS) is 10.3. The van der Waals surface area contributed by atoms with Crippen LogP contribution in [-0.4, -0.2) is 18.8 Å². The molecule has 0 unspecified atom stereocenters. The second kappa shape index (κ2) is 8.06. The molecule has 0 atom stereocenters. The van der Waals surface area contributed by atoms with Gasteiger partial charge in [0, 0.05) is 11.4 Å². The molecule has 2 rings (SSSR count). The number of benzene rings is 2. The minimum absolute atomic E-state index is 0.0572. The average Bonchev–Trinajstić information content (AvgIpc) is 2.54. The molecule has 0 radical (unpaired) electrons. The monoisotopic (exact) mass is 339 g/mol. The van der Waals surface area contributed by atoms with Gasteiger partial charge in [-0.3, -0.25) is 4.79 Å². The maximum Gasteiger partial charge on any atom is 0.230 e. The number of ether oxygens (including phenoxy) is 1. The standard InChI is InChI=1S/C16H15ClFNO2S/c1-21-12-4-2-3-11(7-12)9-19-16(20)10-22-13-5-6-15(18)14(17)8-13/h2-8H,9-10H2,1H3,(H,19,20). The lowest BCUT2D eigenvalue weighted by molar-refractivity contribution is -0.118. The van der Waals surface area contributed by atoms with Crippen LogP contribution < -0.4 is 10.1 Å². The number of amides is 1. The molecule has 0 saturated carbocycles. The van der Waals surface area contributed by atoms with Gasteiger partial charge in [0.25, 0.3) is 0 Å². The van der Waals surface area contributed by atoms with Crippen LogP contribution in [0, 0.1) is 5.82 Å². The predicted octanol–water partition coefficient (Wildman–Crippen LogP) is 3.90. The summed E-state index contributed by atoms with van der Waals surface area (Å²) in [7, 11) is 1.60. The van der Waals surface area contributed by atoms with Crippen LogP contribution in [0.3, 0.4) is 0 Å². The molecule has 1 N–H and O–H groups in total. The molecule has 2 aromatic rings. The fraction of sp³-hybridized carbons (Fsp3) is 0.188. The van der Waals surface area contributed by atoms with E-state index in [1.54, 1.807) is 13.2 Å². The van der Waals surface area contributed by atoms with Crippen molar-refractivity contribution in [3.63, 3.8) is 0 Å². The van der Waals surface area contributed by atoms with E-state index in [1.807, 2.05) is 24.3 Å². The summed E-state index contributed by atoms with van der Waals surface area (Å²) in [6.07, 6.45) is 0. The lowest BCUT2D eigenvalue weighted by Gasteiger charge is -2.07. The van der Waals surface area contributed by atoms with Gasteiger partial charge in [0.05, 0.1) is 17.9 Å². The summed E-state index contributed by atoms with van der Waals surface area (Å²) in [5.74, 6) is 0.426. The van der Waals surface area contributed by atoms with Crippen molar-refractivity contribution in [3.8, 4) is 5.75 Å². The molecule has 0 heterocycles. The molecule has 0 aliphatic heterocycles. The Kier molecular flexibility index (Phi) is 6.10. The molecule has 22 heavy (non-hydrogen) atoms. The Hall–Kier alpha value is -1.72. The van der Waals surface area contributed by atoms with Gasteiger partial charge < -0.3 is 10.1 Å². The number of rotatable bonds is 6. The number of carbonyl (C=O) groups excluding carboxylic acids is 1. The number of carbonyl (C=O) groups is 1. The lowest BCUT2D eigenvalue weighted by atomic mass is 10.2. The Balaban J connectivity index is 1.81. The molecule has 0 aliphatic carbocycles. The third kappa shape index (κ3) is 4.93. The average molecular weight is 340 g/mol. The largest absolute Gasteiger partial charge is 0.497 e. The van der Waals surface area contributed by atoms with Crippen LogP contribution >= 0.6 is 23.4 Å². The van der Waals surface area contributed by atoms with E-state index >= 15 is 0 Å². The van der Waals surface area contributed by atoms with E-state index < -0.39 is 5.82 Å². The van der Waals surface area contributed by atoms with Crippen LogP contribution in [-0.2, 0) is 11.3 Å². The fourth-order valence-electron chi connectivity index (χ4n) is 1.75. The number of thioether (sulfide) groups is 1. The summed E-state index contributed by atoms with van der Waals surface area (Å²) in [6.45, 7) is 0.431. The summed E-state index contributed by atoms with van der Waals surface area (Å²) in [6, 6.07) is 11.9. The van der Waals surface area contributed by atoms with Gasteiger partial charge in [-0.1, -0.05) is 23.7 Å². The first-order valence-electron chi connectivity index (χ1n) is 6.56. The van der Waals surface area contributed by atoms with Gasteiger partial charge in [0.15, 0.2) is 0 Å². The van der Waals surface area contributed by atoms with Gasteiger partial charge in [0.1, 0.15) is 11.6 Å². The highest BCUT2D eigenvalue weighted by molar-refractivity contribution is 8.00. The van der Waals surface area contributed by atoms with Gasteiger partial charge in [-0.25, -0.2) is 4.39 Å². The molecule has 2 aromatic carbocycles. The highest BCUT2D eigenvalue weighted by Crippen LogP contribution is 2.23. The van der Waals surface area contributed by atoms with E-state index in [9.17, 15) is 9.18 Å². The maximum atomic E-state index is 13.0. The number of nitrogens with one attached hydrogen (secondary N) is 1. The van der Waals surface area contributed by atoms with Crippen molar-refractivity contribution in [1.82, 2.24) is 5.32 Å². The van der Waals surface area contributed by atoms with Gasteiger partial charge in [-0.2, -0.15) is 0 Å². The molecule has 3 nitrogen and oxygen atoms in total. The van der Waals surface area contributed by atoms with Crippen molar-refractivity contribution < 1.29 is 13.9 Å². The molecule has 0 spiro atoms. The molecule has 0 aromatic heterocycles. The zero-order valence-corrected chi connectivity index (χ0v) is 13.5. The van der Waals surface area contributed by atoms with Crippen molar-refractivity contribution >= 4 is 29.3 Å². The molecule has 0 bridgehead atoms. The summed E-state index contributed by atoms with van der Waals surface area (Å²) in [5, 5.41) is 2.88. The molecule has 0 aliphatic rings. The van der Waals surface area contributed by atoms with Crippen molar-refractivity contribution in [3.05, 3.63) is 58.9 Å². The van der Waals surface area contributed by atoms with Crippen molar-refractivity contribution in [2.24, 2.45) is 0 Å². The number of hydrogen-bond acceptors (Lipinski definition) is 3. The summed E-state index contributed by atoms with van der Waals surface area (Å²) in [4.78, 5) is 12.6. The smallest absolute Gasteiger partial charge is 0.230 e. The lowest BCUT2D eigenvalue weighted by Crippen LogP contribution is -2.24. The number of methoxy groups -OCH3 is 1. The maximum absolute atomic E-state index is 13.0. The van der Waals surface area contributed by atoms with Crippen molar-refractivity contribution in [2.75, 3.05) is 12.9 Å². The minimum Gasteiger partial charge on any atom is -0.497 e. The van der Waals surface area contributed by atoms with E-state index in [-0.39, 0.29) is 16.7 Å². The quantitative estimate of drug-likeness (QED) is 0.811. The molecule has 0 fully saturated rings. The summed E-state index contributed by atoms with van der Waals surface area (Å²) < 4.78 is 18.2. The Morgan fingerprint density at radius 1 is 1.32 bits per heavy atom. The highest BCUT2D eigenvalue weighted by Gasteiger charge is 2.06. The van der Waals surface area contributed by atoms with E-state index in [2.05, 4.69) is 5.32 Å². The molecule has 6 heteroatoms. The second-order valence-electron chi connectivity index (χ2n) is 4.49. The predicted molar refractivity (Wildman–Crippen MR) is 87.0 cm³/mol. The zero-order valence-electron chi connectivity index (χ0n) is 11.9. The Morgan fingerprint density at radius 3 is 2.86 bits per heavy atom. The first kappa shape index (κ1) is 16.6. The van der Waals surface area contributed by atoms with E-state index in [4.69, 9.17) is 16.3 Å². The van der Waals surface area contributed by atoms with E-state index in [1.165, 1.54) is 23.9 Å². The van der Waals surface area contributed by atoms with E-state index in [0.717, 1.165) is 16.2 Å². The Labute approximate surface area is 137 Å². The van der Waals surface area contributed by atoms with Crippen molar-refractivity contribution in [2.45, 2.75) is 11.4 Å². The van der Waals surface area contributed by atoms with Crippen LogP contribution in [0.2, 0.25) is 5.02 Å². The Bertz CT molecular complexity index is 666. The minimum atomic E-state index is -0.464. The molecular formula is C16H15ClFNO2S. The van der Waals surface area contributed by atoms with Crippen LogP contribution in [0.4, 0.5) is 4.39 Å². The first-order valence-corrected chi connectivity index (χ1v) is 7.92. The van der Waals surface area contributed by atoms with Gasteiger partial charge in [0.2, 0.25) is 5.91 Å². The highest BCUT2D eigenvalue weighted by atomic mass is 35.5. The van der Waals surface area contributed by atoms with Gasteiger partial charge in [-0.15, -0.1) is 11.8 Å². The van der Waals surface area contributed by atoms with Crippen LogP contribution in [0.25, 0.3) is 0 Å².